The molecule has 4 heteroatoms. The number of rotatable bonds is 9. The van der Waals surface area contributed by atoms with Crippen molar-refractivity contribution in [3.05, 3.63) is 18.2 Å². The normalized spacial score (nSPS) is 13.7. The summed E-state index contributed by atoms with van der Waals surface area (Å²) >= 11 is 0. The molecule has 110 valence electrons. The molecule has 0 saturated heterocycles. The number of methoxy groups -OCH3 is 1. The number of nitrogens with one attached hydrogen (secondary N) is 1. The molecule has 0 aliphatic rings. The van der Waals surface area contributed by atoms with Gasteiger partial charge in [-0.2, -0.15) is 0 Å². The van der Waals surface area contributed by atoms with E-state index in [0.717, 1.165) is 32.4 Å². The molecular formula is C15H29N3O. The molecule has 0 aliphatic carbocycles. The van der Waals surface area contributed by atoms with E-state index in [0.29, 0.717) is 6.04 Å². The topological polar surface area (TPSA) is 39.1 Å². The molecule has 0 saturated carbocycles. The molecule has 1 N–H and O–H groups in total. The molecule has 0 aliphatic heterocycles. The first-order chi connectivity index (χ1) is 9.02. The van der Waals surface area contributed by atoms with Crippen LogP contribution in [0.4, 0.5) is 0 Å². The van der Waals surface area contributed by atoms with E-state index in [9.17, 15) is 0 Å². The molecule has 0 bridgehead atoms. The Hall–Kier alpha value is -0.870. The van der Waals surface area contributed by atoms with Crippen molar-refractivity contribution >= 4 is 0 Å². The van der Waals surface area contributed by atoms with Crippen LogP contribution in [-0.2, 0) is 17.7 Å². The van der Waals surface area contributed by atoms with Crippen LogP contribution < -0.4 is 5.32 Å². The highest BCUT2D eigenvalue weighted by Crippen LogP contribution is 2.18. The average molecular weight is 267 g/mol. The third-order valence-electron chi connectivity index (χ3n) is 3.48. The molecule has 1 atom stereocenters. The summed E-state index contributed by atoms with van der Waals surface area (Å²) < 4.78 is 7.80. The van der Waals surface area contributed by atoms with Crippen LogP contribution in [-0.4, -0.2) is 34.8 Å². The first-order valence-electron chi connectivity index (χ1n) is 7.31. The Morgan fingerprint density at radius 2 is 2.16 bits per heavy atom. The highest BCUT2D eigenvalue weighted by atomic mass is 16.5. The van der Waals surface area contributed by atoms with E-state index in [1.165, 1.54) is 5.82 Å². The van der Waals surface area contributed by atoms with E-state index in [1.54, 1.807) is 7.11 Å². The van der Waals surface area contributed by atoms with Crippen LogP contribution in [0.25, 0.3) is 0 Å². The fourth-order valence-corrected chi connectivity index (χ4v) is 2.38. The second kappa shape index (κ2) is 7.65. The summed E-state index contributed by atoms with van der Waals surface area (Å²) in [5, 5.41) is 3.55. The summed E-state index contributed by atoms with van der Waals surface area (Å²) in [7, 11) is 1.78. The molecule has 1 rings (SSSR count). The number of ether oxygens (including phenoxy) is 1. The third kappa shape index (κ3) is 5.33. The Morgan fingerprint density at radius 3 is 2.74 bits per heavy atom. The summed E-state index contributed by atoms with van der Waals surface area (Å²) in [4.78, 5) is 4.49. The number of aromatic nitrogens is 2. The van der Waals surface area contributed by atoms with Crippen LogP contribution >= 0.6 is 0 Å². The molecule has 0 spiro atoms. The molecule has 0 fully saturated rings. The van der Waals surface area contributed by atoms with Crippen LogP contribution in [0.1, 0.15) is 46.4 Å². The van der Waals surface area contributed by atoms with Gasteiger partial charge in [-0.3, -0.25) is 0 Å². The Balaban J connectivity index is 2.69. The predicted molar refractivity (Wildman–Crippen MR) is 79.4 cm³/mol. The van der Waals surface area contributed by atoms with Crippen molar-refractivity contribution in [1.29, 1.82) is 0 Å². The quantitative estimate of drug-likeness (QED) is 0.747. The number of likely N-dealkylation sites (N-methyl/N-ethyl adjacent to an activating group) is 1. The zero-order chi connectivity index (χ0) is 14.3. The van der Waals surface area contributed by atoms with E-state index < -0.39 is 0 Å². The Labute approximate surface area is 117 Å². The monoisotopic (exact) mass is 267 g/mol. The number of aryl methyl sites for hydroxylation is 1. The molecule has 1 aromatic rings. The minimum Gasteiger partial charge on any atom is -0.379 e. The van der Waals surface area contributed by atoms with Gasteiger partial charge in [-0.05, 0) is 33.2 Å². The highest BCUT2D eigenvalue weighted by Gasteiger charge is 2.23. The zero-order valence-corrected chi connectivity index (χ0v) is 13.1. The van der Waals surface area contributed by atoms with Gasteiger partial charge in [0.15, 0.2) is 0 Å². The molecule has 0 radical (unpaired) electrons. The maximum atomic E-state index is 5.54. The third-order valence-corrected chi connectivity index (χ3v) is 3.48. The summed E-state index contributed by atoms with van der Waals surface area (Å²) in [5.74, 6) is 1.17. The highest BCUT2D eigenvalue weighted by molar-refractivity contribution is 4.97. The fourth-order valence-electron chi connectivity index (χ4n) is 2.38. The van der Waals surface area contributed by atoms with Gasteiger partial charge in [0.25, 0.3) is 0 Å². The molecule has 1 unspecified atom stereocenters. The van der Waals surface area contributed by atoms with Crippen molar-refractivity contribution in [1.82, 2.24) is 14.9 Å². The van der Waals surface area contributed by atoms with Crippen molar-refractivity contribution < 1.29 is 4.74 Å². The Kier molecular flexibility index (Phi) is 6.52. The predicted octanol–water partition coefficient (Wildman–Crippen LogP) is 2.63. The van der Waals surface area contributed by atoms with E-state index in [1.807, 2.05) is 6.20 Å². The lowest BCUT2D eigenvalue weighted by Gasteiger charge is -2.29. The Bertz CT molecular complexity index is 360. The van der Waals surface area contributed by atoms with Gasteiger partial charge in [-0.15, -0.1) is 0 Å². The molecule has 1 aromatic heterocycles. The number of nitrogens with zero attached hydrogens (tertiary/aromatic N) is 2. The van der Waals surface area contributed by atoms with Crippen LogP contribution in [0.2, 0.25) is 0 Å². The van der Waals surface area contributed by atoms with Crippen LogP contribution in [0, 0.1) is 0 Å². The molecule has 0 amide bonds. The lowest BCUT2D eigenvalue weighted by Crippen LogP contribution is -2.39. The van der Waals surface area contributed by atoms with E-state index >= 15 is 0 Å². The van der Waals surface area contributed by atoms with Crippen LogP contribution in [0.15, 0.2) is 12.4 Å². The summed E-state index contributed by atoms with van der Waals surface area (Å²) in [5.41, 5.74) is -0.102. The lowest BCUT2D eigenvalue weighted by molar-refractivity contribution is 0.00706. The van der Waals surface area contributed by atoms with Crippen LogP contribution in [0.3, 0.4) is 0 Å². The average Bonchev–Trinajstić information content (AvgIpc) is 2.77. The van der Waals surface area contributed by atoms with E-state index in [-0.39, 0.29) is 5.60 Å². The van der Waals surface area contributed by atoms with Crippen LogP contribution in [0.5, 0.6) is 0 Å². The second-order valence-corrected chi connectivity index (χ2v) is 5.66. The van der Waals surface area contributed by atoms with Gasteiger partial charge in [0.05, 0.1) is 5.60 Å². The lowest BCUT2D eigenvalue weighted by atomic mass is 9.96. The van der Waals surface area contributed by atoms with Crippen molar-refractivity contribution in [2.24, 2.45) is 0 Å². The van der Waals surface area contributed by atoms with Gasteiger partial charge >= 0.3 is 0 Å². The minimum atomic E-state index is -0.102. The first-order valence-corrected chi connectivity index (χ1v) is 7.31. The van der Waals surface area contributed by atoms with Gasteiger partial charge in [-0.25, -0.2) is 4.98 Å². The second-order valence-electron chi connectivity index (χ2n) is 5.66. The van der Waals surface area contributed by atoms with Crippen molar-refractivity contribution in [2.75, 3.05) is 13.7 Å². The first kappa shape index (κ1) is 16.2. The summed E-state index contributed by atoms with van der Waals surface area (Å²) in [6.45, 7) is 10.6. The number of hydrogen-bond acceptors (Lipinski definition) is 3. The maximum absolute atomic E-state index is 5.54. The van der Waals surface area contributed by atoms with Crippen molar-refractivity contribution in [2.45, 2.75) is 65.1 Å². The van der Waals surface area contributed by atoms with E-state index in [4.69, 9.17) is 4.74 Å². The zero-order valence-electron chi connectivity index (χ0n) is 13.1. The fraction of sp³-hybridized carbons (Fsp3) is 0.800. The van der Waals surface area contributed by atoms with Gasteiger partial charge < -0.3 is 14.6 Å². The van der Waals surface area contributed by atoms with Gasteiger partial charge in [-0.1, -0.05) is 13.8 Å². The number of imidazole rings is 1. The smallest absolute Gasteiger partial charge is 0.110 e. The summed E-state index contributed by atoms with van der Waals surface area (Å²) in [6, 6.07) is 0.401. The largest absolute Gasteiger partial charge is 0.379 e. The molecule has 19 heavy (non-hydrogen) atoms. The molecule has 4 nitrogen and oxygen atoms in total. The number of hydrogen-bond donors (Lipinski definition) is 1. The Morgan fingerprint density at radius 1 is 1.42 bits per heavy atom. The standard InChI is InChI=1S/C15H29N3O/c1-6-9-18-10-8-17-14(18)11-13(16-7-2)12-15(3,4)19-5/h8,10,13,16H,6-7,9,11-12H2,1-5H3. The van der Waals surface area contributed by atoms with Gasteiger partial charge in [0.2, 0.25) is 0 Å². The van der Waals surface area contributed by atoms with Crippen molar-refractivity contribution in [3.63, 3.8) is 0 Å². The SMILES string of the molecule is CCCn1ccnc1CC(CC(C)(C)OC)NCC. The van der Waals surface area contributed by atoms with Crippen molar-refractivity contribution in [3.8, 4) is 0 Å². The molecule has 0 aromatic carbocycles. The van der Waals surface area contributed by atoms with E-state index in [2.05, 4.69) is 48.8 Å². The molecule has 1 heterocycles. The maximum Gasteiger partial charge on any atom is 0.110 e. The van der Waals surface area contributed by atoms with Gasteiger partial charge in [0.1, 0.15) is 5.82 Å². The minimum absolute atomic E-state index is 0.102. The van der Waals surface area contributed by atoms with Gasteiger partial charge in [0, 0.05) is 38.5 Å². The summed E-state index contributed by atoms with van der Waals surface area (Å²) in [6.07, 6.45) is 7.04. The molecular weight excluding hydrogens is 238 g/mol.